The van der Waals surface area contributed by atoms with Crippen LogP contribution in [0.15, 0.2) is 239 Å². The van der Waals surface area contributed by atoms with Gasteiger partial charge in [0.25, 0.3) is 0 Å². The molecule has 8 aromatic carbocycles. The number of anilines is 6. The zero-order valence-corrected chi connectivity index (χ0v) is 34.7. The Morgan fingerprint density at radius 2 is 0.452 bits per heavy atom. The number of rotatable bonds is 11. The molecule has 0 atom stereocenters. The fourth-order valence-corrected chi connectivity index (χ4v) is 7.94. The fourth-order valence-electron chi connectivity index (χ4n) is 7.94. The highest BCUT2D eigenvalue weighted by Crippen LogP contribution is 2.40. The molecule has 298 valence electrons. The highest BCUT2D eigenvalue weighted by atomic mass is 16.3. The van der Waals surface area contributed by atoms with Gasteiger partial charge in [-0.25, -0.2) is 0 Å². The van der Waals surface area contributed by atoms with Gasteiger partial charge in [0.2, 0.25) is 0 Å². The minimum absolute atomic E-state index is 0.843. The average Bonchev–Trinajstić information content (AvgIpc) is 4.04. The SMILES string of the molecule is Cc1ccc(N(c2ccc(-c3ccc(N(c4ccc(C)cc4)c4ccc(-c5ccc(-c6ccccc6)o5)cc4)cc3)cc2)c2ccc(-c3ccc(-c4ccccc4)o3)cc2)cc1. The lowest BCUT2D eigenvalue weighted by atomic mass is 10.0. The number of hydrogen-bond donors (Lipinski definition) is 0. The van der Waals surface area contributed by atoms with Crippen molar-refractivity contribution in [3.05, 3.63) is 242 Å². The van der Waals surface area contributed by atoms with Gasteiger partial charge in [-0.05, 0) is 146 Å². The Morgan fingerprint density at radius 3 is 0.726 bits per heavy atom. The summed E-state index contributed by atoms with van der Waals surface area (Å²) in [6.45, 7) is 4.24. The number of benzene rings is 8. The second-order valence-electron chi connectivity index (χ2n) is 15.6. The van der Waals surface area contributed by atoms with Crippen molar-refractivity contribution in [2.75, 3.05) is 9.80 Å². The zero-order valence-electron chi connectivity index (χ0n) is 34.7. The largest absolute Gasteiger partial charge is 0.456 e. The van der Waals surface area contributed by atoms with Gasteiger partial charge >= 0.3 is 0 Å². The van der Waals surface area contributed by atoms with Crippen LogP contribution >= 0.6 is 0 Å². The molecule has 0 aliphatic rings. The summed E-state index contributed by atoms with van der Waals surface area (Å²) in [5.41, 5.74) is 15.4. The lowest BCUT2D eigenvalue weighted by molar-refractivity contribution is 0.597. The summed E-state index contributed by atoms with van der Waals surface area (Å²) in [5.74, 6) is 3.41. The van der Waals surface area contributed by atoms with E-state index in [1.54, 1.807) is 0 Å². The van der Waals surface area contributed by atoms with Crippen LogP contribution < -0.4 is 9.80 Å². The van der Waals surface area contributed by atoms with Crippen molar-refractivity contribution in [2.24, 2.45) is 0 Å². The summed E-state index contributed by atoms with van der Waals surface area (Å²) < 4.78 is 12.6. The minimum Gasteiger partial charge on any atom is -0.456 e. The first-order valence-electron chi connectivity index (χ1n) is 21.0. The molecular weight excluding hydrogens is 757 g/mol. The van der Waals surface area contributed by atoms with Gasteiger partial charge in [0.1, 0.15) is 23.0 Å². The molecule has 2 aromatic heterocycles. The third-order valence-electron chi connectivity index (χ3n) is 11.3. The number of furan rings is 2. The van der Waals surface area contributed by atoms with Crippen molar-refractivity contribution in [2.45, 2.75) is 13.8 Å². The van der Waals surface area contributed by atoms with Crippen LogP contribution in [0, 0.1) is 13.8 Å². The highest BCUT2D eigenvalue weighted by molar-refractivity contribution is 5.82. The maximum absolute atomic E-state index is 6.28. The van der Waals surface area contributed by atoms with Crippen molar-refractivity contribution >= 4 is 34.1 Å². The third kappa shape index (κ3) is 7.98. The Kier molecular flexibility index (Phi) is 10.4. The molecule has 10 aromatic rings. The van der Waals surface area contributed by atoms with Crippen molar-refractivity contribution < 1.29 is 8.83 Å². The maximum Gasteiger partial charge on any atom is 0.134 e. The average molecular weight is 801 g/mol. The first-order valence-corrected chi connectivity index (χ1v) is 21.0. The van der Waals surface area contributed by atoms with E-state index in [1.165, 1.54) is 11.1 Å². The monoisotopic (exact) mass is 800 g/mol. The number of aryl methyl sites for hydroxylation is 2. The highest BCUT2D eigenvalue weighted by Gasteiger charge is 2.17. The summed E-state index contributed by atoms with van der Waals surface area (Å²) >= 11 is 0. The standard InChI is InChI=1S/C58H44N2O2/c1-41-13-25-49(26-14-41)59(53-33-21-47(22-34-53)57-39-37-55(61-57)45-9-5-3-6-10-45)51-29-17-43(18-30-51)44-19-31-52(32-20-44)60(50-27-15-42(2)16-28-50)54-35-23-48(24-36-54)58-40-38-56(62-58)46-11-7-4-8-12-46/h3-40H,1-2H3. The molecule has 0 amide bonds. The van der Waals surface area contributed by atoms with Gasteiger partial charge in [-0.1, -0.05) is 120 Å². The van der Waals surface area contributed by atoms with E-state index in [0.29, 0.717) is 0 Å². The lowest BCUT2D eigenvalue weighted by Crippen LogP contribution is -2.10. The Morgan fingerprint density at radius 1 is 0.226 bits per heavy atom. The first kappa shape index (κ1) is 38.1. The third-order valence-corrected chi connectivity index (χ3v) is 11.3. The van der Waals surface area contributed by atoms with Gasteiger partial charge in [0, 0.05) is 56.4 Å². The summed E-state index contributed by atoms with van der Waals surface area (Å²) in [4.78, 5) is 4.60. The molecule has 0 spiro atoms. The molecule has 0 N–H and O–H groups in total. The van der Waals surface area contributed by atoms with E-state index in [0.717, 1.165) is 90.5 Å². The normalized spacial score (nSPS) is 11.1. The molecule has 4 heteroatoms. The number of hydrogen-bond acceptors (Lipinski definition) is 4. The van der Waals surface area contributed by atoms with Gasteiger partial charge < -0.3 is 18.6 Å². The topological polar surface area (TPSA) is 32.8 Å². The zero-order chi connectivity index (χ0) is 41.8. The summed E-state index contributed by atoms with van der Waals surface area (Å²) in [5, 5.41) is 0. The molecule has 10 rings (SSSR count). The Balaban J connectivity index is 0.911. The van der Waals surface area contributed by atoms with Crippen LogP contribution in [0.5, 0.6) is 0 Å². The lowest BCUT2D eigenvalue weighted by Gasteiger charge is -2.26. The van der Waals surface area contributed by atoms with Crippen LogP contribution in [-0.4, -0.2) is 0 Å². The minimum atomic E-state index is 0.843. The van der Waals surface area contributed by atoms with Crippen molar-refractivity contribution in [1.82, 2.24) is 0 Å². The van der Waals surface area contributed by atoms with Crippen LogP contribution in [0.25, 0.3) is 56.4 Å². The van der Waals surface area contributed by atoms with Gasteiger partial charge in [-0.2, -0.15) is 0 Å². The molecule has 0 aliphatic carbocycles. The predicted octanol–water partition coefficient (Wildman–Crippen LogP) is 16.8. The predicted molar refractivity (Wildman–Crippen MR) is 257 cm³/mol. The van der Waals surface area contributed by atoms with E-state index in [1.807, 2.05) is 60.7 Å². The van der Waals surface area contributed by atoms with E-state index in [2.05, 4.69) is 194 Å². The smallest absolute Gasteiger partial charge is 0.134 e. The first-order chi connectivity index (χ1) is 30.5. The van der Waals surface area contributed by atoms with E-state index in [9.17, 15) is 0 Å². The van der Waals surface area contributed by atoms with Crippen molar-refractivity contribution in [1.29, 1.82) is 0 Å². The fraction of sp³-hybridized carbons (Fsp3) is 0.0345. The van der Waals surface area contributed by atoms with Gasteiger partial charge in [-0.15, -0.1) is 0 Å². The van der Waals surface area contributed by atoms with Gasteiger partial charge in [0.05, 0.1) is 0 Å². The molecule has 0 radical (unpaired) electrons. The van der Waals surface area contributed by atoms with E-state index in [4.69, 9.17) is 8.83 Å². The van der Waals surface area contributed by atoms with Crippen LogP contribution in [0.4, 0.5) is 34.1 Å². The van der Waals surface area contributed by atoms with E-state index >= 15 is 0 Å². The Hall–Kier alpha value is -8.08. The second kappa shape index (κ2) is 16.9. The molecule has 0 saturated heterocycles. The molecule has 0 unspecified atom stereocenters. The van der Waals surface area contributed by atoms with Crippen LogP contribution in [0.2, 0.25) is 0 Å². The van der Waals surface area contributed by atoms with Crippen molar-refractivity contribution in [3.63, 3.8) is 0 Å². The number of nitrogens with zero attached hydrogens (tertiary/aromatic N) is 2. The van der Waals surface area contributed by atoms with Crippen LogP contribution in [-0.2, 0) is 0 Å². The Bertz CT molecular complexity index is 2810. The second-order valence-corrected chi connectivity index (χ2v) is 15.6. The molecule has 0 fully saturated rings. The molecular formula is C58H44N2O2. The molecule has 0 saturated carbocycles. The van der Waals surface area contributed by atoms with Crippen LogP contribution in [0.3, 0.4) is 0 Å². The summed E-state index contributed by atoms with van der Waals surface area (Å²) in [6.07, 6.45) is 0. The van der Waals surface area contributed by atoms with Gasteiger partial charge in [0.15, 0.2) is 0 Å². The van der Waals surface area contributed by atoms with Gasteiger partial charge in [-0.3, -0.25) is 0 Å². The van der Waals surface area contributed by atoms with Crippen LogP contribution in [0.1, 0.15) is 11.1 Å². The summed E-state index contributed by atoms with van der Waals surface area (Å²) in [6, 6.07) is 80.8. The summed E-state index contributed by atoms with van der Waals surface area (Å²) in [7, 11) is 0. The van der Waals surface area contributed by atoms with E-state index < -0.39 is 0 Å². The molecule has 0 aliphatic heterocycles. The van der Waals surface area contributed by atoms with Crippen molar-refractivity contribution in [3.8, 4) is 56.4 Å². The molecule has 4 nitrogen and oxygen atoms in total. The Labute approximate surface area is 363 Å². The maximum atomic E-state index is 6.28. The molecule has 0 bridgehead atoms. The molecule has 2 heterocycles. The van der Waals surface area contributed by atoms with E-state index in [-0.39, 0.29) is 0 Å². The molecule has 62 heavy (non-hydrogen) atoms. The quantitative estimate of drug-likeness (QED) is 0.130.